The second kappa shape index (κ2) is 9.58. The molecule has 1 spiro atoms. The summed E-state index contributed by atoms with van der Waals surface area (Å²) < 4.78 is 47.6. The van der Waals surface area contributed by atoms with Gasteiger partial charge in [-0.25, -0.2) is 9.97 Å². The molecule has 3 saturated heterocycles. The number of aromatic nitrogens is 2. The van der Waals surface area contributed by atoms with Gasteiger partial charge in [0.1, 0.15) is 11.6 Å². The van der Waals surface area contributed by atoms with E-state index in [0.717, 1.165) is 13.1 Å². The minimum absolute atomic E-state index is 0.00582. The summed E-state index contributed by atoms with van der Waals surface area (Å²) in [5.41, 5.74) is 0.868. The molecule has 0 N–H and O–H groups in total. The maximum atomic E-state index is 13.8. The lowest BCUT2D eigenvalue weighted by atomic mass is 9.77. The fraction of sp³-hybridized carbons (Fsp3) is 0.654. The van der Waals surface area contributed by atoms with E-state index >= 15 is 0 Å². The van der Waals surface area contributed by atoms with Gasteiger partial charge in [0.15, 0.2) is 0 Å². The van der Waals surface area contributed by atoms with Crippen LogP contribution in [0.2, 0.25) is 0 Å². The highest BCUT2D eigenvalue weighted by Gasteiger charge is 2.47. The third-order valence-corrected chi connectivity index (χ3v) is 8.71. The van der Waals surface area contributed by atoms with E-state index in [4.69, 9.17) is 4.74 Å². The predicted molar refractivity (Wildman–Crippen MR) is 134 cm³/mol. The van der Waals surface area contributed by atoms with Gasteiger partial charge in [-0.05, 0) is 31.9 Å². The number of anilines is 2. The molecule has 4 aliphatic rings. The van der Waals surface area contributed by atoms with E-state index in [1.54, 1.807) is 11.0 Å². The fourth-order valence-corrected chi connectivity index (χ4v) is 6.30. The zero-order valence-electron chi connectivity index (χ0n) is 21.7. The zero-order valence-corrected chi connectivity index (χ0v) is 21.7. The highest BCUT2D eigenvalue weighted by Crippen LogP contribution is 2.42. The van der Waals surface area contributed by atoms with E-state index in [1.807, 2.05) is 16.7 Å². The normalized spacial score (nSPS) is 30.9. The van der Waals surface area contributed by atoms with Crippen molar-refractivity contribution in [2.45, 2.75) is 51.1 Å². The molecule has 1 amide bonds. The minimum atomic E-state index is -4.64. The zero-order chi connectivity index (χ0) is 26.5. The molecular weight excluding hydrogens is 485 g/mol. The Hall–Kier alpha value is -2.66. The summed E-state index contributed by atoms with van der Waals surface area (Å²) in [6.45, 7) is 14.7. The van der Waals surface area contributed by atoms with Crippen molar-refractivity contribution < 1.29 is 22.7 Å². The first kappa shape index (κ1) is 26.0. The van der Waals surface area contributed by atoms with Crippen LogP contribution in [-0.2, 0) is 15.7 Å². The highest BCUT2D eigenvalue weighted by molar-refractivity contribution is 5.87. The van der Waals surface area contributed by atoms with E-state index in [9.17, 15) is 18.0 Å². The molecule has 202 valence electrons. The molecule has 0 saturated carbocycles. The number of carbonyl (C=O) groups is 1. The molecule has 11 heteroatoms. The summed E-state index contributed by atoms with van der Waals surface area (Å²) in [6.07, 6.45) is -0.506. The maximum Gasteiger partial charge on any atom is 0.451 e. The molecule has 1 aromatic rings. The van der Waals surface area contributed by atoms with Crippen molar-refractivity contribution in [3.8, 4) is 0 Å². The second-order valence-electron chi connectivity index (χ2n) is 10.6. The van der Waals surface area contributed by atoms with Gasteiger partial charge >= 0.3 is 6.18 Å². The van der Waals surface area contributed by atoms with Crippen molar-refractivity contribution >= 4 is 17.5 Å². The van der Waals surface area contributed by atoms with Crippen LogP contribution in [0, 0.1) is 5.92 Å². The molecule has 0 aromatic carbocycles. The summed E-state index contributed by atoms with van der Waals surface area (Å²) in [6, 6.07) is 1.89. The average molecular weight is 521 g/mol. The van der Waals surface area contributed by atoms with E-state index in [1.165, 1.54) is 11.6 Å². The van der Waals surface area contributed by atoms with Gasteiger partial charge in [0.2, 0.25) is 11.7 Å². The summed E-state index contributed by atoms with van der Waals surface area (Å²) in [5, 5.41) is 0. The highest BCUT2D eigenvalue weighted by atomic mass is 19.4. The van der Waals surface area contributed by atoms with Crippen molar-refractivity contribution in [3.63, 3.8) is 0 Å². The SMILES string of the molecule is C=CC(=O)N1CCN([C@@H]2CN(c3cc(N4CCC5(OCC=C5C)C(C)C4)nc(C(F)(F)F)n3)[C@@H]2C)CC1. The summed E-state index contributed by atoms with van der Waals surface area (Å²) in [4.78, 5) is 27.7. The summed E-state index contributed by atoms with van der Waals surface area (Å²) >= 11 is 0. The third kappa shape index (κ3) is 4.60. The molecule has 37 heavy (non-hydrogen) atoms. The number of alkyl halides is 3. The second-order valence-corrected chi connectivity index (χ2v) is 10.6. The van der Waals surface area contributed by atoms with Crippen molar-refractivity contribution in [1.29, 1.82) is 0 Å². The number of amides is 1. The molecule has 0 radical (unpaired) electrons. The molecule has 1 aromatic heterocycles. The Labute approximate surface area is 215 Å². The van der Waals surface area contributed by atoms with Crippen LogP contribution < -0.4 is 9.80 Å². The van der Waals surface area contributed by atoms with E-state index in [2.05, 4.69) is 41.4 Å². The first-order valence-electron chi connectivity index (χ1n) is 13.0. The van der Waals surface area contributed by atoms with Gasteiger partial charge in [0.25, 0.3) is 0 Å². The number of rotatable bonds is 4. The number of nitrogens with zero attached hydrogens (tertiary/aromatic N) is 6. The predicted octanol–water partition coefficient (Wildman–Crippen LogP) is 2.96. The monoisotopic (exact) mass is 520 g/mol. The number of carbonyl (C=O) groups excluding carboxylic acids is 1. The Morgan fingerprint density at radius 2 is 1.84 bits per heavy atom. The Balaban J connectivity index is 1.31. The molecule has 5 heterocycles. The fourth-order valence-electron chi connectivity index (χ4n) is 6.30. The van der Waals surface area contributed by atoms with Gasteiger partial charge < -0.3 is 19.4 Å². The van der Waals surface area contributed by atoms with Crippen LogP contribution >= 0.6 is 0 Å². The van der Waals surface area contributed by atoms with Crippen LogP contribution in [0.4, 0.5) is 24.8 Å². The van der Waals surface area contributed by atoms with Gasteiger partial charge in [0.05, 0.1) is 12.2 Å². The standard InChI is InChI=1S/C26H35F3N6O2/c1-5-23(36)33-11-9-32(10-12-33)20-16-35(19(20)4)22-14-21(30-24(31-22)26(27,28)29)34-8-7-25(18(3)15-34)17(2)6-13-37-25/h5-6,14,18-20H,1,7-13,15-16H2,2-4H3/t18?,19-,20-,25?/m1/s1. The first-order chi connectivity index (χ1) is 17.5. The minimum Gasteiger partial charge on any atom is -0.366 e. The molecule has 8 nitrogen and oxygen atoms in total. The van der Waals surface area contributed by atoms with Gasteiger partial charge in [-0.15, -0.1) is 0 Å². The lowest BCUT2D eigenvalue weighted by molar-refractivity contribution is -0.144. The van der Waals surface area contributed by atoms with Gasteiger partial charge in [-0.1, -0.05) is 19.6 Å². The van der Waals surface area contributed by atoms with Gasteiger partial charge in [-0.3, -0.25) is 9.69 Å². The van der Waals surface area contributed by atoms with Gasteiger partial charge in [0, 0.05) is 69.9 Å². The summed E-state index contributed by atoms with van der Waals surface area (Å²) in [5.74, 6) is -0.437. The van der Waals surface area contributed by atoms with Crippen LogP contribution in [0.1, 0.15) is 33.0 Å². The quantitative estimate of drug-likeness (QED) is 0.447. The molecular formula is C26H35F3N6O2. The maximum absolute atomic E-state index is 13.8. The van der Waals surface area contributed by atoms with E-state index in [0.29, 0.717) is 57.4 Å². The van der Waals surface area contributed by atoms with Crippen LogP contribution in [0.15, 0.2) is 30.4 Å². The van der Waals surface area contributed by atoms with Crippen LogP contribution in [-0.4, -0.2) is 95.8 Å². The Bertz CT molecular complexity index is 1090. The number of ether oxygens (including phenoxy) is 1. The molecule has 2 unspecified atom stereocenters. The van der Waals surface area contributed by atoms with Crippen molar-refractivity contribution in [1.82, 2.24) is 19.8 Å². The van der Waals surface area contributed by atoms with Crippen molar-refractivity contribution in [3.05, 3.63) is 36.2 Å². The van der Waals surface area contributed by atoms with Crippen molar-refractivity contribution in [2.75, 3.05) is 62.2 Å². The van der Waals surface area contributed by atoms with E-state index < -0.39 is 12.0 Å². The van der Waals surface area contributed by atoms with Crippen LogP contribution in [0.5, 0.6) is 0 Å². The molecule has 3 fully saturated rings. The van der Waals surface area contributed by atoms with Crippen molar-refractivity contribution in [2.24, 2.45) is 5.92 Å². The van der Waals surface area contributed by atoms with Crippen LogP contribution in [0.3, 0.4) is 0 Å². The number of piperidine rings is 1. The largest absolute Gasteiger partial charge is 0.451 e. The molecule has 4 aliphatic heterocycles. The molecule has 0 aliphatic carbocycles. The lowest BCUT2D eigenvalue weighted by Gasteiger charge is -2.53. The third-order valence-electron chi connectivity index (χ3n) is 8.71. The molecule has 5 rings (SSSR count). The van der Waals surface area contributed by atoms with Crippen LogP contribution in [0.25, 0.3) is 0 Å². The number of halogens is 3. The Morgan fingerprint density at radius 1 is 1.14 bits per heavy atom. The average Bonchev–Trinajstić information content (AvgIpc) is 3.24. The number of piperazine rings is 1. The number of hydrogen-bond donors (Lipinski definition) is 0. The Morgan fingerprint density at radius 3 is 2.41 bits per heavy atom. The molecule has 4 atom stereocenters. The van der Waals surface area contributed by atoms with E-state index in [-0.39, 0.29) is 29.5 Å². The summed E-state index contributed by atoms with van der Waals surface area (Å²) in [7, 11) is 0. The molecule has 0 bridgehead atoms. The smallest absolute Gasteiger partial charge is 0.366 e. The lowest BCUT2D eigenvalue weighted by Crippen LogP contribution is -2.68. The topological polar surface area (TPSA) is 65.0 Å². The van der Waals surface area contributed by atoms with Gasteiger partial charge in [-0.2, -0.15) is 13.2 Å². The number of hydrogen-bond acceptors (Lipinski definition) is 7. The first-order valence-corrected chi connectivity index (χ1v) is 13.0. The Kier molecular flexibility index (Phi) is 6.72.